The van der Waals surface area contributed by atoms with E-state index < -0.39 is 12.7 Å². The van der Waals surface area contributed by atoms with Gasteiger partial charge in [0.2, 0.25) is 0 Å². The first-order valence-electron chi connectivity index (χ1n) is 4.71. The summed E-state index contributed by atoms with van der Waals surface area (Å²) < 4.78 is 12.2. The first kappa shape index (κ1) is 11.9. The number of pyridine rings is 1. The molecule has 0 amide bonds. The van der Waals surface area contributed by atoms with E-state index in [0.29, 0.717) is 16.8 Å². The van der Waals surface area contributed by atoms with Crippen LogP contribution >= 0.6 is 0 Å². The van der Waals surface area contributed by atoms with Crippen molar-refractivity contribution in [1.29, 1.82) is 0 Å². The van der Waals surface area contributed by atoms with Gasteiger partial charge in [-0.05, 0) is 13.3 Å². The zero-order valence-electron chi connectivity index (χ0n) is 8.57. The Balaban J connectivity index is 3.17. The van der Waals surface area contributed by atoms with Gasteiger partial charge in [-0.25, -0.2) is 0 Å². The Kier molecular flexibility index (Phi) is 3.99. The lowest BCUT2D eigenvalue weighted by Crippen LogP contribution is -2.14. The standard InChI is InChI=1S/C10H15FN2O2/c1-6-10(15)9(8(12)2-3-11)7(5-14)4-13-6/h4,8,14-15H,2-3,5,12H2,1H3/t8-/m1/s1. The molecule has 4 nitrogen and oxygen atoms in total. The fourth-order valence-corrected chi connectivity index (χ4v) is 1.45. The molecule has 4 N–H and O–H groups in total. The second-order valence-electron chi connectivity index (χ2n) is 3.37. The SMILES string of the molecule is Cc1ncc(CO)c([C@H](N)CCF)c1O. The minimum atomic E-state index is -0.612. The monoisotopic (exact) mass is 214 g/mol. The summed E-state index contributed by atoms with van der Waals surface area (Å²) in [5.41, 5.74) is 6.97. The average molecular weight is 214 g/mol. The molecule has 84 valence electrons. The average Bonchev–Trinajstić information content (AvgIpc) is 2.22. The van der Waals surface area contributed by atoms with Crippen molar-refractivity contribution < 1.29 is 14.6 Å². The van der Waals surface area contributed by atoms with E-state index in [4.69, 9.17) is 10.8 Å². The van der Waals surface area contributed by atoms with Crippen molar-refractivity contribution >= 4 is 0 Å². The summed E-state index contributed by atoms with van der Waals surface area (Å²) in [6.45, 7) is 0.797. The van der Waals surface area contributed by atoms with E-state index >= 15 is 0 Å². The third-order valence-corrected chi connectivity index (χ3v) is 2.32. The minimum absolute atomic E-state index is 0.0532. The van der Waals surface area contributed by atoms with Crippen LogP contribution in [0.5, 0.6) is 5.75 Å². The quantitative estimate of drug-likeness (QED) is 0.697. The molecular weight excluding hydrogens is 199 g/mol. The molecule has 0 aromatic carbocycles. The molecule has 0 radical (unpaired) electrons. The van der Waals surface area contributed by atoms with E-state index in [1.807, 2.05) is 0 Å². The van der Waals surface area contributed by atoms with Gasteiger partial charge in [-0.1, -0.05) is 0 Å². The lowest BCUT2D eigenvalue weighted by Gasteiger charge is -2.16. The van der Waals surface area contributed by atoms with Crippen molar-refractivity contribution in [2.75, 3.05) is 6.67 Å². The second-order valence-corrected chi connectivity index (χ2v) is 3.37. The number of aryl methyl sites for hydroxylation is 1. The molecule has 0 aliphatic heterocycles. The highest BCUT2D eigenvalue weighted by Crippen LogP contribution is 2.30. The van der Waals surface area contributed by atoms with Crippen molar-refractivity contribution in [2.45, 2.75) is 26.0 Å². The number of alkyl halides is 1. The Bertz CT molecular complexity index is 344. The van der Waals surface area contributed by atoms with E-state index in [-0.39, 0.29) is 18.8 Å². The largest absolute Gasteiger partial charge is 0.506 e. The third kappa shape index (κ3) is 2.43. The zero-order valence-corrected chi connectivity index (χ0v) is 8.57. The molecule has 0 unspecified atom stereocenters. The molecule has 0 aliphatic carbocycles. The smallest absolute Gasteiger partial charge is 0.141 e. The summed E-state index contributed by atoms with van der Waals surface area (Å²) in [6, 6.07) is -0.612. The van der Waals surface area contributed by atoms with Crippen molar-refractivity contribution in [3.63, 3.8) is 0 Å². The Hall–Kier alpha value is -1.20. The Morgan fingerprint density at radius 2 is 2.27 bits per heavy atom. The molecule has 0 fully saturated rings. The molecule has 15 heavy (non-hydrogen) atoms. The maximum absolute atomic E-state index is 12.2. The van der Waals surface area contributed by atoms with Gasteiger partial charge in [0.15, 0.2) is 0 Å². The van der Waals surface area contributed by atoms with Crippen LogP contribution < -0.4 is 5.73 Å². The fraction of sp³-hybridized carbons (Fsp3) is 0.500. The third-order valence-electron chi connectivity index (χ3n) is 2.32. The summed E-state index contributed by atoms with van der Waals surface area (Å²) in [5, 5.41) is 18.8. The lowest BCUT2D eigenvalue weighted by atomic mass is 9.99. The van der Waals surface area contributed by atoms with Crippen molar-refractivity contribution in [2.24, 2.45) is 5.73 Å². The predicted octanol–water partition coefficient (Wildman–Crippen LogP) is 0.947. The van der Waals surface area contributed by atoms with Crippen molar-refractivity contribution in [1.82, 2.24) is 4.98 Å². The van der Waals surface area contributed by atoms with Crippen molar-refractivity contribution in [3.05, 3.63) is 23.0 Å². The molecule has 0 saturated carbocycles. The molecule has 1 heterocycles. The Morgan fingerprint density at radius 1 is 1.60 bits per heavy atom. The topological polar surface area (TPSA) is 79.4 Å². The zero-order chi connectivity index (χ0) is 11.4. The number of halogens is 1. The Labute approximate surface area is 87.6 Å². The van der Waals surface area contributed by atoms with Crippen LogP contribution in [0.3, 0.4) is 0 Å². The number of nitrogens with zero attached hydrogens (tertiary/aromatic N) is 1. The van der Waals surface area contributed by atoms with Gasteiger partial charge in [0.25, 0.3) is 0 Å². The maximum Gasteiger partial charge on any atom is 0.141 e. The molecule has 0 aliphatic rings. The molecule has 1 aromatic rings. The number of aromatic hydroxyl groups is 1. The second kappa shape index (κ2) is 5.04. The summed E-state index contributed by atoms with van der Waals surface area (Å²) in [6.07, 6.45) is 1.56. The molecule has 1 atom stereocenters. The van der Waals surface area contributed by atoms with Crippen molar-refractivity contribution in [3.8, 4) is 5.75 Å². The number of rotatable bonds is 4. The van der Waals surface area contributed by atoms with E-state index in [9.17, 15) is 9.50 Å². The van der Waals surface area contributed by atoms with Gasteiger partial charge in [-0.3, -0.25) is 9.37 Å². The van der Waals surface area contributed by atoms with Gasteiger partial charge in [0, 0.05) is 23.4 Å². The van der Waals surface area contributed by atoms with E-state index in [1.54, 1.807) is 6.92 Å². The van der Waals surface area contributed by atoms with E-state index in [1.165, 1.54) is 6.20 Å². The maximum atomic E-state index is 12.2. The van der Waals surface area contributed by atoms with Gasteiger partial charge in [-0.15, -0.1) is 0 Å². The molecular formula is C10H15FN2O2. The number of hydrogen-bond acceptors (Lipinski definition) is 4. The summed E-state index contributed by atoms with van der Waals surface area (Å²) in [7, 11) is 0. The highest BCUT2D eigenvalue weighted by Gasteiger charge is 2.17. The molecule has 0 spiro atoms. The first-order chi connectivity index (χ1) is 7.11. The van der Waals surface area contributed by atoms with E-state index in [0.717, 1.165) is 0 Å². The van der Waals surface area contributed by atoms with Crippen LogP contribution in [0.2, 0.25) is 0 Å². The van der Waals surface area contributed by atoms with Gasteiger partial charge in [0.05, 0.1) is 19.0 Å². The highest BCUT2D eigenvalue weighted by atomic mass is 19.1. The molecule has 1 rings (SSSR count). The van der Waals surface area contributed by atoms with Crippen LogP contribution in [-0.4, -0.2) is 21.9 Å². The van der Waals surface area contributed by atoms with Crippen LogP contribution in [0.1, 0.15) is 29.3 Å². The van der Waals surface area contributed by atoms with Gasteiger partial charge in [-0.2, -0.15) is 0 Å². The fourth-order valence-electron chi connectivity index (χ4n) is 1.45. The van der Waals surface area contributed by atoms with Crippen LogP contribution in [-0.2, 0) is 6.61 Å². The van der Waals surface area contributed by atoms with Crippen LogP contribution in [0, 0.1) is 6.92 Å². The molecule has 0 saturated heterocycles. The number of aliphatic hydroxyl groups is 1. The molecule has 5 heteroatoms. The van der Waals surface area contributed by atoms with Crippen LogP contribution in [0.15, 0.2) is 6.20 Å². The van der Waals surface area contributed by atoms with E-state index in [2.05, 4.69) is 4.98 Å². The summed E-state index contributed by atoms with van der Waals surface area (Å²) in [5.74, 6) is -0.0532. The van der Waals surface area contributed by atoms with Gasteiger partial charge >= 0.3 is 0 Å². The normalized spacial score (nSPS) is 12.8. The predicted molar refractivity (Wildman–Crippen MR) is 54.1 cm³/mol. The molecule has 0 bridgehead atoms. The van der Waals surface area contributed by atoms with Gasteiger partial charge < -0.3 is 15.9 Å². The highest BCUT2D eigenvalue weighted by molar-refractivity contribution is 5.42. The Morgan fingerprint density at radius 3 is 2.80 bits per heavy atom. The summed E-state index contributed by atoms with van der Waals surface area (Å²) >= 11 is 0. The summed E-state index contributed by atoms with van der Waals surface area (Å²) in [4.78, 5) is 3.89. The van der Waals surface area contributed by atoms with Crippen LogP contribution in [0.4, 0.5) is 4.39 Å². The lowest BCUT2D eigenvalue weighted by molar-refractivity contribution is 0.277. The first-order valence-corrected chi connectivity index (χ1v) is 4.71. The number of aromatic nitrogens is 1. The molecule has 1 aromatic heterocycles. The van der Waals surface area contributed by atoms with Gasteiger partial charge in [0.1, 0.15) is 5.75 Å². The van der Waals surface area contributed by atoms with Crippen LogP contribution in [0.25, 0.3) is 0 Å². The minimum Gasteiger partial charge on any atom is -0.506 e. The number of nitrogens with two attached hydrogens (primary N) is 1. The number of hydrogen-bond donors (Lipinski definition) is 3. The number of aliphatic hydroxyl groups excluding tert-OH is 1.